The van der Waals surface area contributed by atoms with E-state index in [4.69, 9.17) is 0 Å². The summed E-state index contributed by atoms with van der Waals surface area (Å²) < 4.78 is 3.02. The van der Waals surface area contributed by atoms with Gasteiger partial charge in [-0.1, -0.05) is 64.2 Å². The summed E-state index contributed by atoms with van der Waals surface area (Å²) in [6.45, 7) is 12.1. The molecule has 202 valence electrons. The molecule has 0 radical (unpaired) electrons. The topological polar surface area (TPSA) is 0 Å². The van der Waals surface area contributed by atoms with Crippen molar-refractivity contribution in [3.8, 4) is 0 Å². The molecule has 0 spiro atoms. The third-order valence-electron chi connectivity index (χ3n) is 10.5. The van der Waals surface area contributed by atoms with Crippen molar-refractivity contribution in [3.05, 3.63) is 0 Å². The predicted octanol–water partition coefficient (Wildman–Crippen LogP) is 1.72. The van der Waals surface area contributed by atoms with Crippen LogP contribution in [0.3, 0.4) is 0 Å². The Labute approximate surface area is 248 Å². The Bertz CT molecular complexity index is 456. The van der Waals surface area contributed by atoms with Crippen molar-refractivity contribution in [2.24, 2.45) is 11.8 Å². The molecule has 0 aromatic heterocycles. The van der Waals surface area contributed by atoms with Crippen LogP contribution in [-0.4, -0.2) is 61.3 Å². The monoisotopic (exact) mass is 700 g/mol. The largest absolute Gasteiger partial charge is 1.00 e. The molecule has 4 rings (SSSR count). The number of likely N-dealkylation sites (tertiary alicyclic amines) is 2. The number of rotatable bonds is 11. The lowest BCUT2D eigenvalue weighted by atomic mass is 9.86. The van der Waals surface area contributed by atoms with Crippen LogP contribution >= 0.6 is 0 Å². The maximum absolute atomic E-state index is 1.54. The van der Waals surface area contributed by atoms with Gasteiger partial charge in [0.2, 0.25) is 0 Å². The smallest absolute Gasteiger partial charge is 0.0789 e. The molecule has 0 bridgehead atoms. The van der Waals surface area contributed by atoms with Crippen LogP contribution in [0, 0.1) is 11.8 Å². The molecule has 4 heteroatoms. The van der Waals surface area contributed by atoms with Gasteiger partial charge in [0, 0.05) is 12.8 Å². The molecule has 34 heavy (non-hydrogen) atoms. The quantitative estimate of drug-likeness (QED) is 0.175. The van der Waals surface area contributed by atoms with E-state index in [-0.39, 0.29) is 48.0 Å². The van der Waals surface area contributed by atoms with Crippen molar-refractivity contribution in [1.29, 1.82) is 0 Å². The summed E-state index contributed by atoms with van der Waals surface area (Å²) >= 11 is 0. The minimum atomic E-state index is 0. The summed E-state index contributed by atoms with van der Waals surface area (Å²) in [6.07, 6.45) is 30.4. The Kier molecular flexibility index (Phi) is 15.9. The van der Waals surface area contributed by atoms with E-state index in [2.05, 4.69) is 0 Å². The molecule has 2 nitrogen and oxygen atoms in total. The van der Waals surface area contributed by atoms with Gasteiger partial charge in [0.25, 0.3) is 0 Å². The highest BCUT2D eigenvalue weighted by Crippen LogP contribution is 2.31. The molecule has 2 aliphatic heterocycles. The molecule has 2 aliphatic carbocycles. The van der Waals surface area contributed by atoms with Gasteiger partial charge in [-0.25, -0.2) is 0 Å². The summed E-state index contributed by atoms with van der Waals surface area (Å²) in [5.74, 6) is 2.14. The van der Waals surface area contributed by atoms with Gasteiger partial charge < -0.3 is 56.9 Å². The first-order valence-electron chi connectivity index (χ1n) is 15.5. The summed E-state index contributed by atoms with van der Waals surface area (Å²) in [7, 11) is 0. The zero-order chi connectivity index (χ0) is 22.0. The first kappa shape index (κ1) is 31.6. The van der Waals surface area contributed by atoms with Crippen molar-refractivity contribution >= 4 is 0 Å². The third-order valence-corrected chi connectivity index (χ3v) is 10.5. The van der Waals surface area contributed by atoms with Gasteiger partial charge in [-0.3, -0.25) is 0 Å². The molecule has 0 aromatic carbocycles. The number of nitrogens with zero attached hydrogens (tertiary/aromatic N) is 2. The number of piperidine rings is 2. The van der Waals surface area contributed by atoms with Gasteiger partial charge >= 0.3 is 0 Å². The Balaban J connectivity index is 0.00000204. The number of hydrogen-bond donors (Lipinski definition) is 0. The van der Waals surface area contributed by atoms with Crippen molar-refractivity contribution in [2.75, 3.05) is 52.4 Å². The van der Waals surface area contributed by atoms with Crippen molar-refractivity contribution in [3.63, 3.8) is 0 Å². The average molecular weight is 701 g/mol. The van der Waals surface area contributed by atoms with Crippen molar-refractivity contribution < 1.29 is 56.9 Å². The maximum Gasteiger partial charge on any atom is 0.0789 e. The van der Waals surface area contributed by atoms with Gasteiger partial charge in [0.05, 0.1) is 52.4 Å². The third kappa shape index (κ3) is 10.3. The highest BCUT2D eigenvalue weighted by molar-refractivity contribution is 4.68. The van der Waals surface area contributed by atoms with Crippen LogP contribution in [0.15, 0.2) is 0 Å². The Morgan fingerprint density at radius 3 is 1.06 bits per heavy atom. The van der Waals surface area contributed by atoms with E-state index >= 15 is 0 Å². The minimum Gasteiger partial charge on any atom is -1.00 e. The zero-order valence-corrected chi connectivity index (χ0v) is 26.9. The normalized spacial score (nSPS) is 25.8. The second kappa shape index (κ2) is 17.1. The fourth-order valence-electron chi connectivity index (χ4n) is 8.24. The molecular formula is C30H58I2N2. The second-order valence-electron chi connectivity index (χ2n) is 12.9. The average Bonchev–Trinajstić information content (AvgIpc) is 2.87. The van der Waals surface area contributed by atoms with Crippen LogP contribution in [0.2, 0.25) is 0 Å². The molecule has 2 heterocycles. The Hall–Kier alpha value is 1.38. The van der Waals surface area contributed by atoms with E-state index in [0.29, 0.717) is 0 Å². The maximum atomic E-state index is 1.54. The second-order valence-corrected chi connectivity index (χ2v) is 12.9. The molecule has 0 amide bonds. The fourth-order valence-corrected chi connectivity index (χ4v) is 8.24. The lowest BCUT2D eigenvalue weighted by molar-refractivity contribution is -0.939. The Morgan fingerprint density at radius 1 is 0.382 bits per heavy atom. The highest BCUT2D eigenvalue weighted by atomic mass is 127. The van der Waals surface area contributed by atoms with Crippen LogP contribution in [0.5, 0.6) is 0 Å². The lowest BCUT2D eigenvalue weighted by Crippen LogP contribution is -3.00. The Morgan fingerprint density at radius 2 is 0.706 bits per heavy atom. The SMILES string of the molecule is C1CCC(CC[N+]2(CCCC[N+]3(CCC4CCCCC4)CCCCC3)CCCCC2)CC1.[I-].[I-]. The van der Waals surface area contributed by atoms with Crippen LogP contribution in [0.25, 0.3) is 0 Å². The predicted molar refractivity (Wildman–Crippen MR) is 139 cm³/mol. The zero-order valence-electron chi connectivity index (χ0n) is 22.6. The summed E-state index contributed by atoms with van der Waals surface area (Å²) in [4.78, 5) is 0. The van der Waals surface area contributed by atoms with Crippen LogP contribution < -0.4 is 48.0 Å². The standard InChI is InChI=1S/C30H58N2.2HI/c1-5-15-29(16-6-1)19-27-31(21-9-3-10-22-31)25-13-14-26-32(23-11-4-12-24-32)28-20-30-17-7-2-8-18-30;;/h29-30H,1-28H2;2*1H/q+2;;/p-2. The van der Waals surface area contributed by atoms with E-state index in [1.54, 1.807) is 38.5 Å². The van der Waals surface area contributed by atoms with Crippen LogP contribution in [0.4, 0.5) is 0 Å². The van der Waals surface area contributed by atoms with E-state index in [1.807, 2.05) is 0 Å². The number of halogens is 2. The summed E-state index contributed by atoms with van der Waals surface area (Å²) in [5, 5.41) is 0. The fraction of sp³-hybridized carbons (Fsp3) is 1.00. The minimum absolute atomic E-state index is 0. The van der Waals surface area contributed by atoms with Crippen LogP contribution in [-0.2, 0) is 0 Å². The summed E-state index contributed by atoms with van der Waals surface area (Å²) in [6, 6.07) is 0. The number of quaternary nitrogens is 2. The molecule has 0 unspecified atom stereocenters. The molecule has 2 saturated heterocycles. The van der Waals surface area contributed by atoms with E-state index in [9.17, 15) is 0 Å². The first-order chi connectivity index (χ1) is 15.8. The molecule has 2 saturated carbocycles. The number of hydrogen-bond acceptors (Lipinski definition) is 0. The molecule has 0 atom stereocenters. The van der Waals surface area contributed by atoms with E-state index < -0.39 is 0 Å². The molecule has 4 aliphatic rings. The molecule has 4 fully saturated rings. The van der Waals surface area contributed by atoms with E-state index in [0.717, 1.165) is 11.8 Å². The summed E-state index contributed by atoms with van der Waals surface area (Å²) in [5.41, 5.74) is 0. The number of unbranched alkanes of at least 4 members (excludes halogenated alkanes) is 1. The van der Waals surface area contributed by atoms with Gasteiger partial charge in [0.1, 0.15) is 0 Å². The lowest BCUT2D eigenvalue weighted by Gasteiger charge is -2.44. The molecular weight excluding hydrogens is 642 g/mol. The van der Waals surface area contributed by atoms with E-state index in [1.165, 1.54) is 151 Å². The van der Waals surface area contributed by atoms with Crippen LogP contribution in [0.1, 0.15) is 128 Å². The molecule has 0 N–H and O–H groups in total. The van der Waals surface area contributed by atoms with Crippen molar-refractivity contribution in [1.82, 2.24) is 0 Å². The van der Waals surface area contributed by atoms with Gasteiger partial charge in [-0.2, -0.15) is 0 Å². The van der Waals surface area contributed by atoms with Gasteiger partial charge in [-0.15, -0.1) is 0 Å². The van der Waals surface area contributed by atoms with Crippen molar-refractivity contribution in [2.45, 2.75) is 128 Å². The first-order valence-corrected chi connectivity index (χ1v) is 15.5. The highest BCUT2D eigenvalue weighted by Gasteiger charge is 2.33. The van der Waals surface area contributed by atoms with Gasteiger partial charge in [-0.05, 0) is 63.2 Å². The molecule has 0 aromatic rings. The van der Waals surface area contributed by atoms with Gasteiger partial charge in [0.15, 0.2) is 0 Å².